The number of alkyl halides is 1. The molecule has 0 amide bonds. The second kappa shape index (κ2) is 4.19. The molecule has 0 radical (unpaired) electrons. The van der Waals surface area contributed by atoms with E-state index in [2.05, 4.69) is 0 Å². The minimum absolute atomic E-state index is 0.238. The molecule has 1 atom stereocenters. The van der Waals surface area contributed by atoms with Crippen LogP contribution in [0, 0.1) is 20.2 Å². The zero-order valence-electron chi connectivity index (χ0n) is 7.82. The zero-order chi connectivity index (χ0) is 12.3. The molecule has 0 aliphatic rings. The average Bonchev–Trinajstić information content (AvgIpc) is 2.27. The van der Waals surface area contributed by atoms with Gasteiger partial charge in [-0.1, -0.05) is 34.7 Å². The standard InChI is InChI=1S/C8H7FN2O5/c9-8(10(13)14,11(15)16)7(12)6-4-2-1-3-5-6/h1-5,7,12H. The summed E-state index contributed by atoms with van der Waals surface area (Å²) in [6.45, 7) is 0. The molecule has 1 unspecified atom stereocenters. The van der Waals surface area contributed by atoms with Crippen molar-refractivity contribution in [2.24, 2.45) is 0 Å². The lowest BCUT2D eigenvalue weighted by Crippen LogP contribution is -2.47. The van der Waals surface area contributed by atoms with Gasteiger partial charge in [-0.25, -0.2) is 0 Å². The summed E-state index contributed by atoms with van der Waals surface area (Å²) in [6.07, 6.45) is -2.46. The molecule has 1 aromatic carbocycles. The van der Waals surface area contributed by atoms with Gasteiger partial charge in [-0.15, -0.1) is 0 Å². The Morgan fingerprint density at radius 1 is 1.19 bits per heavy atom. The second-order valence-electron chi connectivity index (χ2n) is 2.96. The van der Waals surface area contributed by atoms with Crippen molar-refractivity contribution in [1.82, 2.24) is 0 Å². The van der Waals surface area contributed by atoms with Gasteiger partial charge in [0.2, 0.25) is 0 Å². The van der Waals surface area contributed by atoms with Crippen LogP contribution < -0.4 is 0 Å². The van der Waals surface area contributed by atoms with Crippen LogP contribution in [0.2, 0.25) is 0 Å². The van der Waals surface area contributed by atoms with Gasteiger partial charge in [0, 0.05) is 0 Å². The Bertz CT molecular complexity index is 396. The summed E-state index contributed by atoms with van der Waals surface area (Å²) >= 11 is 0. The van der Waals surface area contributed by atoms with Gasteiger partial charge >= 0.3 is 5.92 Å². The summed E-state index contributed by atoms with van der Waals surface area (Å²) in [5.74, 6) is -4.14. The highest BCUT2D eigenvalue weighted by Gasteiger charge is 2.65. The Labute approximate surface area is 88.4 Å². The summed E-state index contributed by atoms with van der Waals surface area (Å²) in [4.78, 5) is 17.1. The van der Waals surface area contributed by atoms with Crippen LogP contribution in [0.25, 0.3) is 0 Å². The van der Waals surface area contributed by atoms with Crippen molar-refractivity contribution >= 4 is 0 Å². The molecule has 7 nitrogen and oxygen atoms in total. The lowest BCUT2D eigenvalue weighted by atomic mass is 10.1. The fraction of sp³-hybridized carbons (Fsp3) is 0.250. The first-order valence-electron chi connectivity index (χ1n) is 4.11. The molecule has 0 aliphatic carbocycles. The number of halogens is 1. The molecule has 0 aromatic heterocycles. The van der Waals surface area contributed by atoms with E-state index < -0.39 is 21.9 Å². The number of benzene rings is 1. The third-order valence-corrected chi connectivity index (χ3v) is 1.98. The third-order valence-electron chi connectivity index (χ3n) is 1.98. The van der Waals surface area contributed by atoms with Gasteiger partial charge in [-0.3, -0.25) is 20.2 Å². The van der Waals surface area contributed by atoms with Crippen molar-refractivity contribution in [2.75, 3.05) is 0 Å². The molecule has 0 heterocycles. The van der Waals surface area contributed by atoms with Gasteiger partial charge in [0.05, 0.1) is 0 Å². The Morgan fingerprint density at radius 2 is 1.62 bits per heavy atom. The van der Waals surface area contributed by atoms with Crippen LogP contribution in [-0.2, 0) is 0 Å². The van der Waals surface area contributed by atoms with E-state index in [9.17, 15) is 29.7 Å². The first-order valence-corrected chi connectivity index (χ1v) is 4.11. The van der Waals surface area contributed by atoms with Gasteiger partial charge < -0.3 is 5.11 Å². The second-order valence-corrected chi connectivity index (χ2v) is 2.96. The molecular weight excluding hydrogens is 223 g/mol. The predicted octanol–water partition coefficient (Wildman–Crippen LogP) is 0.897. The highest BCUT2D eigenvalue weighted by atomic mass is 19.2. The molecule has 16 heavy (non-hydrogen) atoms. The molecule has 0 saturated carbocycles. The lowest BCUT2D eigenvalue weighted by molar-refractivity contribution is -0.843. The Morgan fingerprint density at radius 3 is 2.00 bits per heavy atom. The van der Waals surface area contributed by atoms with Crippen molar-refractivity contribution in [3.05, 3.63) is 56.1 Å². The van der Waals surface area contributed by atoms with Crippen LogP contribution in [0.1, 0.15) is 11.7 Å². The molecular formula is C8H7FN2O5. The number of rotatable bonds is 4. The molecule has 0 saturated heterocycles. The minimum atomic E-state index is -4.14. The number of nitrogens with zero attached hydrogens (tertiary/aromatic N) is 2. The first-order chi connectivity index (χ1) is 7.40. The molecule has 1 rings (SSSR count). The van der Waals surface area contributed by atoms with E-state index in [4.69, 9.17) is 0 Å². The Kier molecular flexibility index (Phi) is 3.14. The number of aliphatic hydroxyl groups is 1. The maximum atomic E-state index is 13.5. The van der Waals surface area contributed by atoms with Crippen LogP contribution in [-0.4, -0.2) is 20.9 Å². The molecule has 86 valence electrons. The van der Waals surface area contributed by atoms with Crippen LogP contribution in [0.3, 0.4) is 0 Å². The molecule has 0 aliphatic heterocycles. The van der Waals surface area contributed by atoms with E-state index in [0.29, 0.717) is 0 Å². The lowest BCUT2D eigenvalue weighted by Gasteiger charge is -2.14. The van der Waals surface area contributed by atoms with Crippen LogP contribution in [0.15, 0.2) is 30.3 Å². The predicted molar refractivity (Wildman–Crippen MR) is 49.2 cm³/mol. The van der Waals surface area contributed by atoms with Crippen molar-refractivity contribution in [1.29, 1.82) is 0 Å². The molecule has 1 aromatic rings. The minimum Gasteiger partial charge on any atom is -0.372 e. The van der Waals surface area contributed by atoms with Crippen LogP contribution in [0.5, 0.6) is 0 Å². The highest BCUT2D eigenvalue weighted by Crippen LogP contribution is 2.30. The third kappa shape index (κ3) is 1.82. The van der Waals surface area contributed by atoms with E-state index in [1.54, 1.807) is 0 Å². The Hall–Kier alpha value is -2.09. The molecule has 0 bridgehead atoms. The molecule has 1 N–H and O–H groups in total. The van der Waals surface area contributed by atoms with Crippen LogP contribution >= 0.6 is 0 Å². The van der Waals surface area contributed by atoms with E-state index >= 15 is 0 Å². The quantitative estimate of drug-likeness (QED) is 0.358. The van der Waals surface area contributed by atoms with Gasteiger partial charge in [0.1, 0.15) is 9.85 Å². The fourth-order valence-electron chi connectivity index (χ4n) is 1.11. The summed E-state index contributed by atoms with van der Waals surface area (Å²) in [6, 6.07) is 6.59. The van der Waals surface area contributed by atoms with Gasteiger partial charge in [0.25, 0.3) is 6.10 Å². The number of nitro groups is 2. The summed E-state index contributed by atoms with van der Waals surface area (Å²) in [5, 5.41) is 29.9. The van der Waals surface area contributed by atoms with E-state index in [-0.39, 0.29) is 5.56 Å². The SMILES string of the molecule is O=[N+]([O-])C(F)(C(O)c1ccccc1)[N+](=O)[O-]. The van der Waals surface area contributed by atoms with E-state index in [1.807, 2.05) is 0 Å². The number of aliphatic hydroxyl groups excluding tert-OH is 1. The smallest absolute Gasteiger partial charge is 0.372 e. The first kappa shape index (κ1) is 12.0. The molecule has 0 fully saturated rings. The normalized spacial score (nSPS) is 13.1. The number of hydrogen-bond donors (Lipinski definition) is 1. The van der Waals surface area contributed by atoms with Crippen molar-refractivity contribution in [3.8, 4) is 0 Å². The average molecular weight is 230 g/mol. The largest absolute Gasteiger partial charge is 0.644 e. The van der Waals surface area contributed by atoms with Gasteiger partial charge in [-0.2, -0.15) is 0 Å². The van der Waals surface area contributed by atoms with Gasteiger partial charge in [-0.05, 0) is 5.56 Å². The topological polar surface area (TPSA) is 107 Å². The van der Waals surface area contributed by atoms with Crippen molar-refractivity contribution in [3.63, 3.8) is 0 Å². The van der Waals surface area contributed by atoms with Gasteiger partial charge in [0.15, 0.2) is 0 Å². The summed E-state index contributed by atoms with van der Waals surface area (Å²) in [5.41, 5.74) is -0.238. The summed E-state index contributed by atoms with van der Waals surface area (Å²) in [7, 11) is 0. The maximum absolute atomic E-state index is 13.5. The Balaban J connectivity index is 3.16. The summed E-state index contributed by atoms with van der Waals surface area (Å²) < 4.78 is 13.5. The highest BCUT2D eigenvalue weighted by molar-refractivity contribution is 5.18. The van der Waals surface area contributed by atoms with E-state index in [0.717, 1.165) is 12.1 Å². The molecule has 8 heteroatoms. The fourth-order valence-corrected chi connectivity index (χ4v) is 1.11. The molecule has 0 spiro atoms. The van der Waals surface area contributed by atoms with Crippen LogP contribution in [0.4, 0.5) is 4.39 Å². The van der Waals surface area contributed by atoms with Crippen molar-refractivity contribution < 1.29 is 19.3 Å². The van der Waals surface area contributed by atoms with E-state index in [1.165, 1.54) is 18.2 Å². The zero-order valence-corrected chi connectivity index (χ0v) is 7.82. The van der Waals surface area contributed by atoms with Crippen molar-refractivity contribution in [2.45, 2.75) is 12.0 Å². The number of hydrogen-bond acceptors (Lipinski definition) is 5. The maximum Gasteiger partial charge on any atom is 0.644 e. The monoisotopic (exact) mass is 230 g/mol.